The minimum atomic E-state index is 0. The van der Waals surface area contributed by atoms with Gasteiger partial charge in [0.05, 0.1) is 6.54 Å². The van der Waals surface area contributed by atoms with Crippen molar-refractivity contribution in [1.82, 2.24) is 10.2 Å². The van der Waals surface area contributed by atoms with Crippen LogP contribution in [-0.2, 0) is 6.54 Å². The second kappa shape index (κ2) is 9.56. The number of nitrogens with zero attached hydrogens (tertiary/aromatic N) is 2. The van der Waals surface area contributed by atoms with E-state index in [1.54, 1.807) is 0 Å². The first-order chi connectivity index (χ1) is 11.3. The summed E-state index contributed by atoms with van der Waals surface area (Å²) in [5.41, 5.74) is 0.943. The summed E-state index contributed by atoms with van der Waals surface area (Å²) in [7, 11) is 3.90. The molecule has 132 valence electrons. The highest BCUT2D eigenvalue weighted by atomic mass is 127. The molecule has 0 amide bonds. The normalized spacial score (nSPS) is 16.0. The molecule has 1 N–H and O–H groups in total. The third-order valence-electron chi connectivity index (χ3n) is 4.33. The number of hydrogen-bond acceptors (Lipinski definition) is 3. The van der Waals surface area contributed by atoms with Crippen LogP contribution in [0.25, 0.3) is 11.0 Å². The highest BCUT2D eigenvalue weighted by molar-refractivity contribution is 14.0. The fraction of sp³-hybridized carbons (Fsp3) is 0.500. The minimum Gasteiger partial charge on any atom is -0.459 e. The lowest BCUT2D eigenvalue weighted by molar-refractivity contribution is 0.402. The molecule has 1 aromatic carbocycles. The van der Waals surface area contributed by atoms with E-state index in [0.29, 0.717) is 0 Å². The predicted octanol–water partition coefficient (Wildman–Crippen LogP) is 4.20. The Labute approximate surface area is 165 Å². The molecule has 3 rings (SSSR count). The van der Waals surface area contributed by atoms with Crippen molar-refractivity contribution in [3.05, 3.63) is 36.1 Å². The molecule has 1 aromatic heterocycles. The average Bonchev–Trinajstić information content (AvgIpc) is 2.98. The number of rotatable bonds is 4. The van der Waals surface area contributed by atoms with E-state index in [2.05, 4.69) is 46.2 Å². The molecule has 0 radical (unpaired) electrons. The summed E-state index contributed by atoms with van der Waals surface area (Å²) >= 11 is 2.07. The number of furan rings is 1. The molecule has 2 heterocycles. The summed E-state index contributed by atoms with van der Waals surface area (Å²) in [6.07, 6.45) is 2.61. The van der Waals surface area contributed by atoms with E-state index >= 15 is 0 Å². The van der Waals surface area contributed by atoms with Crippen LogP contribution in [0, 0.1) is 5.92 Å². The quantitative estimate of drug-likeness (QED) is 0.423. The van der Waals surface area contributed by atoms with Gasteiger partial charge in [0, 0.05) is 26.0 Å². The van der Waals surface area contributed by atoms with E-state index in [-0.39, 0.29) is 24.0 Å². The molecule has 1 fully saturated rings. The van der Waals surface area contributed by atoms with Gasteiger partial charge in [-0.2, -0.15) is 11.8 Å². The van der Waals surface area contributed by atoms with E-state index in [1.165, 1.54) is 24.3 Å². The van der Waals surface area contributed by atoms with Crippen LogP contribution in [0.5, 0.6) is 0 Å². The lowest BCUT2D eigenvalue weighted by atomic mass is 10.0. The molecule has 4 nitrogen and oxygen atoms in total. The van der Waals surface area contributed by atoms with Crippen molar-refractivity contribution in [3.63, 3.8) is 0 Å². The van der Waals surface area contributed by atoms with Crippen molar-refractivity contribution in [2.45, 2.75) is 19.4 Å². The Balaban J connectivity index is 0.00000208. The monoisotopic (exact) mass is 459 g/mol. The SMILES string of the molecule is CN=C(NCC1CCSCC1)N(C)Cc1cc2ccccc2o1.I. The molecule has 0 atom stereocenters. The lowest BCUT2D eigenvalue weighted by Gasteiger charge is -2.25. The van der Waals surface area contributed by atoms with Crippen molar-refractivity contribution in [2.75, 3.05) is 32.1 Å². The van der Waals surface area contributed by atoms with Crippen molar-refractivity contribution in [3.8, 4) is 0 Å². The van der Waals surface area contributed by atoms with E-state index in [1.807, 2.05) is 25.2 Å². The minimum absolute atomic E-state index is 0. The number of guanidine groups is 1. The van der Waals surface area contributed by atoms with Crippen LogP contribution in [0.2, 0.25) is 0 Å². The fourth-order valence-electron chi connectivity index (χ4n) is 2.99. The molecule has 1 aliphatic rings. The second-order valence-electron chi connectivity index (χ2n) is 6.09. The van der Waals surface area contributed by atoms with Gasteiger partial charge < -0.3 is 14.6 Å². The summed E-state index contributed by atoms with van der Waals surface area (Å²) in [5.74, 6) is 5.25. The average molecular weight is 459 g/mol. The molecular weight excluding hydrogens is 433 g/mol. The van der Waals surface area contributed by atoms with Gasteiger partial charge in [-0.3, -0.25) is 4.99 Å². The highest BCUT2D eigenvalue weighted by Crippen LogP contribution is 2.22. The first-order valence-electron chi connectivity index (χ1n) is 8.23. The van der Waals surface area contributed by atoms with Gasteiger partial charge in [-0.05, 0) is 42.4 Å². The number of para-hydroxylation sites is 1. The van der Waals surface area contributed by atoms with Gasteiger partial charge in [0.2, 0.25) is 0 Å². The summed E-state index contributed by atoms with van der Waals surface area (Å²) in [5, 5.41) is 4.67. The van der Waals surface area contributed by atoms with Crippen molar-refractivity contribution in [2.24, 2.45) is 10.9 Å². The standard InChI is InChI=1S/C18H25N3OS.HI/c1-19-18(20-12-14-7-9-23-10-8-14)21(2)13-16-11-15-5-3-4-6-17(15)22-16;/h3-6,11,14H,7-10,12-13H2,1-2H3,(H,19,20);1H. The zero-order valence-corrected chi connectivity index (χ0v) is 17.5. The van der Waals surface area contributed by atoms with Gasteiger partial charge in [0.25, 0.3) is 0 Å². The maximum Gasteiger partial charge on any atom is 0.193 e. The third kappa shape index (κ3) is 5.05. The van der Waals surface area contributed by atoms with E-state index in [9.17, 15) is 0 Å². The topological polar surface area (TPSA) is 40.8 Å². The lowest BCUT2D eigenvalue weighted by Crippen LogP contribution is -2.41. The molecule has 0 saturated carbocycles. The maximum atomic E-state index is 5.90. The van der Waals surface area contributed by atoms with E-state index in [4.69, 9.17) is 4.42 Å². The first kappa shape index (κ1) is 19.4. The zero-order valence-electron chi connectivity index (χ0n) is 14.3. The number of halogens is 1. The number of fused-ring (bicyclic) bond motifs is 1. The Hall–Kier alpha value is -0.890. The van der Waals surface area contributed by atoms with Gasteiger partial charge in [-0.15, -0.1) is 24.0 Å². The molecule has 24 heavy (non-hydrogen) atoms. The van der Waals surface area contributed by atoms with Crippen LogP contribution in [0.3, 0.4) is 0 Å². The Morgan fingerprint density at radius 1 is 1.33 bits per heavy atom. The Morgan fingerprint density at radius 3 is 2.79 bits per heavy atom. The zero-order chi connectivity index (χ0) is 16.1. The Kier molecular flexibility index (Phi) is 7.74. The summed E-state index contributed by atoms with van der Waals surface area (Å²) in [6.45, 7) is 1.73. The molecule has 2 aromatic rings. The number of nitrogens with one attached hydrogen (secondary N) is 1. The number of benzene rings is 1. The molecule has 0 spiro atoms. The molecule has 0 aliphatic carbocycles. The summed E-state index contributed by atoms with van der Waals surface area (Å²) in [4.78, 5) is 6.53. The fourth-order valence-corrected chi connectivity index (χ4v) is 4.20. The molecule has 1 aliphatic heterocycles. The molecule has 1 saturated heterocycles. The van der Waals surface area contributed by atoms with Crippen molar-refractivity contribution in [1.29, 1.82) is 0 Å². The number of thioether (sulfide) groups is 1. The highest BCUT2D eigenvalue weighted by Gasteiger charge is 2.16. The Bertz CT molecular complexity index is 634. The Morgan fingerprint density at radius 2 is 2.08 bits per heavy atom. The van der Waals surface area contributed by atoms with E-state index < -0.39 is 0 Å². The van der Waals surface area contributed by atoms with Crippen LogP contribution in [0.15, 0.2) is 39.7 Å². The van der Waals surface area contributed by atoms with Crippen molar-refractivity contribution < 1.29 is 4.42 Å². The van der Waals surface area contributed by atoms with Gasteiger partial charge in [-0.25, -0.2) is 0 Å². The molecule has 0 bridgehead atoms. The van der Waals surface area contributed by atoms with Crippen LogP contribution in [0.4, 0.5) is 0 Å². The third-order valence-corrected chi connectivity index (χ3v) is 5.38. The van der Waals surface area contributed by atoms with Crippen LogP contribution >= 0.6 is 35.7 Å². The van der Waals surface area contributed by atoms with Gasteiger partial charge in [0.1, 0.15) is 11.3 Å². The summed E-state index contributed by atoms with van der Waals surface area (Å²) in [6, 6.07) is 10.2. The largest absolute Gasteiger partial charge is 0.459 e. The van der Waals surface area contributed by atoms with Crippen LogP contribution in [-0.4, -0.2) is 43.0 Å². The molecular formula is C18H26IN3OS. The van der Waals surface area contributed by atoms with E-state index in [0.717, 1.165) is 41.7 Å². The van der Waals surface area contributed by atoms with Crippen LogP contribution < -0.4 is 5.32 Å². The first-order valence-corrected chi connectivity index (χ1v) is 9.38. The molecule has 0 unspecified atom stereocenters. The second-order valence-corrected chi connectivity index (χ2v) is 7.32. The number of aliphatic imine (C=N–C) groups is 1. The maximum absolute atomic E-state index is 5.90. The van der Waals surface area contributed by atoms with Crippen LogP contribution in [0.1, 0.15) is 18.6 Å². The summed E-state index contributed by atoms with van der Waals surface area (Å²) < 4.78 is 5.90. The molecule has 6 heteroatoms. The van der Waals surface area contributed by atoms with Crippen molar-refractivity contribution >= 4 is 52.7 Å². The smallest absolute Gasteiger partial charge is 0.193 e. The predicted molar refractivity (Wildman–Crippen MR) is 115 cm³/mol. The van der Waals surface area contributed by atoms with Gasteiger partial charge in [0.15, 0.2) is 5.96 Å². The number of hydrogen-bond donors (Lipinski definition) is 1. The van der Waals surface area contributed by atoms with Gasteiger partial charge >= 0.3 is 0 Å². The van der Waals surface area contributed by atoms with Gasteiger partial charge in [-0.1, -0.05) is 18.2 Å².